The minimum absolute atomic E-state index is 0.0424. The number of allylic oxidation sites excluding steroid dienone is 1. The van der Waals surface area contributed by atoms with Gasteiger partial charge in [0, 0.05) is 30.4 Å². The number of carbonyl (C=O) groups excluding carboxylic acids is 1. The Hall–Kier alpha value is -2.04. The van der Waals surface area contributed by atoms with Gasteiger partial charge in [-0.1, -0.05) is 31.4 Å². The third-order valence-electron chi connectivity index (χ3n) is 4.80. The normalized spacial score (nSPS) is 20.5. The third kappa shape index (κ3) is 6.07. The van der Waals surface area contributed by atoms with Gasteiger partial charge in [0.1, 0.15) is 17.4 Å². The lowest BCUT2D eigenvalue weighted by atomic mass is 9.89. The number of carboxylic acid groups (broad SMARTS) is 1. The lowest BCUT2D eigenvalue weighted by Gasteiger charge is -2.14. The van der Waals surface area contributed by atoms with Crippen LogP contribution >= 0.6 is 0 Å². The summed E-state index contributed by atoms with van der Waals surface area (Å²) in [5, 5.41) is 8.60. The molecule has 0 aliphatic heterocycles. The minimum Gasteiger partial charge on any atom is -0.481 e. The second-order valence-corrected chi connectivity index (χ2v) is 6.65. The molecular weight excluding hydrogens is 326 g/mol. The van der Waals surface area contributed by atoms with Gasteiger partial charge in [-0.05, 0) is 37.3 Å². The molecular formula is C20H24F2O3. The second kappa shape index (κ2) is 9.44. The van der Waals surface area contributed by atoms with Crippen LogP contribution in [0, 0.1) is 23.5 Å². The Balaban J connectivity index is 1.84. The number of hydrogen-bond acceptors (Lipinski definition) is 2. The second-order valence-electron chi connectivity index (χ2n) is 6.65. The smallest absolute Gasteiger partial charge is 0.303 e. The molecule has 0 heterocycles. The topological polar surface area (TPSA) is 54.4 Å². The first-order chi connectivity index (χ1) is 12.0. The molecule has 1 saturated carbocycles. The van der Waals surface area contributed by atoms with Crippen LogP contribution in [-0.2, 0) is 9.59 Å². The number of halogens is 2. The van der Waals surface area contributed by atoms with Crippen molar-refractivity contribution in [3.63, 3.8) is 0 Å². The van der Waals surface area contributed by atoms with Crippen molar-refractivity contribution in [2.24, 2.45) is 11.8 Å². The fourth-order valence-electron chi connectivity index (χ4n) is 3.40. The fraction of sp³-hybridized carbons (Fsp3) is 0.500. The molecule has 0 bridgehead atoms. The number of carbonyl (C=O) groups is 2. The molecule has 1 fully saturated rings. The molecule has 0 aromatic heterocycles. The lowest BCUT2D eigenvalue weighted by molar-refractivity contribution is -0.137. The molecule has 1 aromatic carbocycles. The molecule has 0 spiro atoms. The zero-order valence-corrected chi connectivity index (χ0v) is 14.2. The van der Waals surface area contributed by atoms with Crippen LogP contribution in [0.25, 0.3) is 6.08 Å². The van der Waals surface area contributed by atoms with E-state index in [9.17, 15) is 18.4 Å². The average Bonchev–Trinajstić information content (AvgIpc) is 2.90. The maximum Gasteiger partial charge on any atom is 0.303 e. The Bertz CT molecular complexity index is 640. The zero-order chi connectivity index (χ0) is 18.2. The van der Waals surface area contributed by atoms with Crippen LogP contribution in [0.4, 0.5) is 8.78 Å². The fourth-order valence-corrected chi connectivity index (χ4v) is 3.40. The maximum atomic E-state index is 13.7. The molecule has 0 radical (unpaired) electrons. The van der Waals surface area contributed by atoms with Crippen molar-refractivity contribution in [2.75, 3.05) is 0 Å². The first-order valence-electron chi connectivity index (χ1n) is 8.85. The molecule has 25 heavy (non-hydrogen) atoms. The summed E-state index contributed by atoms with van der Waals surface area (Å²) in [6, 6.07) is 3.47. The first kappa shape index (κ1) is 19.3. The largest absolute Gasteiger partial charge is 0.481 e. The van der Waals surface area contributed by atoms with E-state index in [1.165, 1.54) is 12.1 Å². The summed E-state index contributed by atoms with van der Waals surface area (Å²) in [6.45, 7) is 0. The molecule has 1 aromatic rings. The predicted molar refractivity (Wildman–Crippen MR) is 92.0 cm³/mol. The first-order valence-corrected chi connectivity index (χ1v) is 8.85. The molecule has 2 unspecified atom stereocenters. The van der Waals surface area contributed by atoms with Gasteiger partial charge in [0.15, 0.2) is 0 Å². The van der Waals surface area contributed by atoms with Crippen molar-refractivity contribution in [1.82, 2.24) is 0 Å². The van der Waals surface area contributed by atoms with E-state index in [1.54, 1.807) is 6.08 Å². The number of unbranched alkanes of at least 4 members (excludes halogenated alkanes) is 3. The number of aliphatic carboxylic acids is 1. The highest BCUT2D eigenvalue weighted by Gasteiger charge is 2.32. The lowest BCUT2D eigenvalue weighted by Crippen LogP contribution is -2.13. The number of rotatable bonds is 9. The van der Waals surface area contributed by atoms with Crippen molar-refractivity contribution in [3.05, 3.63) is 41.5 Å². The van der Waals surface area contributed by atoms with E-state index in [2.05, 4.69) is 0 Å². The molecule has 136 valence electrons. The molecule has 1 N–H and O–H groups in total. The molecule has 1 aliphatic carbocycles. The van der Waals surface area contributed by atoms with E-state index in [1.807, 2.05) is 6.08 Å². The molecule has 0 amide bonds. The standard InChI is InChI=1S/C20H24F2O3/c21-16-11-9-15(18(22)13-16)8-7-14-10-12-19(23)17(14)5-3-1-2-4-6-20(24)25/h7-9,11,13-14,17H,1-6,10,12H2,(H,24,25)/b8-7+. The van der Waals surface area contributed by atoms with Crippen LogP contribution in [-0.4, -0.2) is 16.9 Å². The Morgan fingerprint density at radius 3 is 2.68 bits per heavy atom. The third-order valence-corrected chi connectivity index (χ3v) is 4.80. The molecule has 5 heteroatoms. The summed E-state index contributed by atoms with van der Waals surface area (Å²) in [5.74, 6) is -1.68. The zero-order valence-electron chi connectivity index (χ0n) is 14.2. The number of Topliss-reactive ketones (excluding diaryl/α,β-unsaturated/α-hetero) is 1. The van der Waals surface area contributed by atoms with Gasteiger partial charge in [-0.15, -0.1) is 0 Å². The quantitative estimate of drug-likeness (QED) is 0.638. The Morgan fingerprint density at radius 2 is 1.96 bits per heavy atom. The van der Waals surface area contributed by atoms with Crippen LogP contribution in [0.15, 0.2) is 24.3 Å². The summed E-state index contributed by atoms with van der Waals surface area (Å²) in [7, 11) is 0. The van der Waals surface area contributed by atoms with E-state index in [-0.39, 0.29) is 24.0 Å². The SMILES string of the molecule is O=C(O)CCCCCCC1C(=O)CCC1/C=C/c1ccc(F)cc1F. The van der Waals surface area contributed by atoms with Crippen LogP contribution in [0.3, 0.4) is 0 Å². The van der Waals surface area contributed by atoms with E-state index in [4.69, 9.17) is 5.11 Å². The summed E-state index contributed by atoms with van der Waals surface area (Å²) in [6.07, 6.45) is 9.13. The number of benzene rings is 1. The minimum atomic E-state index is -0.774. The van der Waals surface area contributed by atoms with Gasteiger partial charge in [0.05, 0.1) is 0 Å². The van der Waals surface area contributed by atoms with Crippen molar-refractivity contribution in [3.8, 4) is 0 Å². The Labute approximate surface area is 146 Å². The predicted octanol–water partition coefficient (Wildman–Crippen LogP) is 5.00. The molecule has 1 aliphatic rings. The summed E-state index contributed by atoms with van der Waals surface area (Å²) < 4.78 is 26.6. The van der Waals surface area contributed by atoms with Crippen LogP contribution in [0.5, 0.6) is 0 Å². The van der Waals surface area contributed by atoms with Crippen molar-refractivity contribution in [2.45, 2.75) is 51.4 Å². The van der Waals surface area contributed by atoms with Crippen molar-refractivity contribution in [1.29, 1.82) is 0 Å². The molecule has 0 saturated heterocycles. The highest BCUT2D eigenvalue weighted by Crippen LogP contribution is 2.34. The van der Waals surface area contributed by atoms with Gasteiger partial charge in [0.2, 0.25) is 0 Å². The Kier molecular flexibility index (Phi) is 7.29. The maximum absolute atomic E-state index is 13.7. The summed E-state index contributed by atoms with van der Waals surface area (Å²) >= 11 is 0. The molecule has 3 nitrogen and oxygen atoms in total. The van der Waals surface area contributed by atoms with Crippen LogP contribution in [0.1, 0.15) is 56.9 Å². The highest BCUT2D eigenvalue weighted by molar-refractivity contribution is 5.84. The number of carboxylic acids is 1. The number of ketones is 1. The van der Waals surface area contributed by atoms with E-state index < -0.39 is 17.6 Å². The van der Waals surface area contributed by atoms with Gasteiger partial charge >= 0.3 is 5.97 Å². The van der Waals surface area contributed by atoms with E-state index >= 15 is 0 Å². The van der Waals surface area contributed by atoms with Crippen molar-refractivity contribution >= 4 is 17.8 Å². The highest BCUT2D eigenvalue weighted by atomic mass is 19.1. The van der Waals surface area contributed by atoms with Gasteiger partial charge < -0.3 is 5.11 Å². The molecule has 2 atom stereocenters. The van der Waals surface area contributed by atoms with Crippen LogP contribution in [0.2, 0.25) is 0 Å². The van der Waals surface area contributed by atoms with E-state index in [0.29, 0.717) is 18.4 Å². The molecule has 2 rings (SSSR count). The van der Waals surface area contributed by atoms with E-state index in [0.717, 1.165) is 38.2 Å². The van der Waals surface area contributed by atoms with Gasteiger partial charge in [-0.2, -0.15) is 0 Å². The average molecular weight is 350 g/mol. The summed E-state index contributed by atoms with van der Waals surface area (Å²) in [4.78, 5) is 22.5. The van der Waals surface area contributed by atoms with Crippen molar-refractivity contribution < 1.29 is 23.5 Å². The monoisotopic (exact) mass is 350 g/mol. The Morgan fingerprint density at radius 1 is 1.20 bits per heavy atom. The van der Waals surface area contributed by atoms with Crippen LogP contribution < -0.4 is 0 Å². The van der Waals surface area contributed by atoms with Gasteiger partial charge in [0.25, 0.3) is 0 Å². The van der Waals surface area contributed by atoms with Gasteiger partial charge in [-0.3, -0.25) is 9.59 Å². The number of hydrogen-bond donors (Lipinski definition) is 1. The van der Waals surface area contributed by atoms with Gasteiger partial charge in [-0.25, -0.2) is 8.78 Å². The summed E-state index contributed by atoms with van der Waals surface area (Å²) in [5.41, 5.74) is 0.327.